The van der Waals surface area contributed by atoms with Crippen molar-refractivity contribution >= 4 is 33.1 Å². The Balaban J connectivity index is 1.19. The number of carbonyl (C=O) groups is 1. The molecule has 53 heavy (non-hydrogen) atoms. The van der Waals surface area contributed by atoms with Crippen LogP contribution in [0.4, 0.5) is 5.95 Å². The lowest BCUT2D eigenvalue weighted by molar-refractivity contribution is 0.0696. The van der Waals surface area contributed by atoms with Crippen molar-refractivity contribution in [3.05, 3.63) is 88.9 Å². The number of ether oxygens (including phenoxy) is 1. The van der Waals surface area contributed by atoms with Crippen molar-refractivity contribution in [1.82, 2.24) is 29.8 Å². The number of hydrogen-bond donors (Lipinski definition) is 3. The van der Waals surface area contributed by atoms with E-state index in [2.05, 4.69) is 58.5 Å². The van der Waals surface area contributed by atoms with Crippen molar-refractivity contribution in [3.63, 3.8) is 0 Å². The fourth-order valence-corrected chi connectivity index (χ4v) is 8.73. The maximum atomic E-state index is 13.5. The summed E-state index contributed by atoms with van der Waals surface area (Å²) in [6.45, 7) is 10.8. The SMILES string of the molecule is Cc1cccc(C)c1-c1cc(OC[C@@H]2N[C@H](c3cnc4cc(C(C)(C)C)n(C)c4n3)CCC[C@H]2C2CC2)nc(NS(=O)(=O)c2cccc(C(=O)O)c2)n1. The van der Waals surface area contributed by atoms with Gasteiger partial charge in [-0.15, -0.1) is 0 Å². The Morgan fingerprint density at radius 2 is 1.74 bits per heavy atom. The number of benzene rings is 2. The number of anilines is 1. The standard InChI is InChI=1S/C40H47N7O5S/c1-23-10-7-11-24(2)36(23)30-20-35(45-39(44-30)46-53(50,51)27-13-8-12-26(18-27)38(48)49)52-22-33-28(25-16-17-25)14-9-15-29(42-33)32-21-41-31-19-34(40(3,4)5)47(6)37(31)43-32/h7-8,10-13,18-21,25,28-29,33,42H,9,14-17,22H2,1-6H3,(H,48,49)(H,44,45,46)/t28-,29-,33-/m0/s1. The molecule has 1 aliphatic carbocycles. The highest BCUT2D eigenvalue weighted by molar-refractivity contribution is 7.92. The summed E-state index contributed by atoms with van der Waals surface area (Å²) in [5.74, 6) is -0.158. The van der Waals surface area contributed by atoms with Gasteiger partial charge in [0.15, 0.2) is 5.65 Å². The molecule has 2 aromatic carbocycles. The van der Waals surface area contributed by atoms with Gasteiger partial charge in [-0.2, -0.15) is 4.98 Å². The van der Waals surface area contributed by atoms with Crippen molar-refractivity contribution in [3.8, 4) is 17.1 Å². The molecule has 0 unspecified atom stereocenters. The zero-order valence-corrected chi connectivity index (χ0v) is 31.9. The largest absolute Gasteiger partial charge is 0.478 e. The topological polar surface area (TPSA) is 161 Å². The number of fused-ring (bicyclic) bond motifs is 1. The van der Waals surface area contributed by atoms with Crippen molar-refractivity contribution in [2.45, 2.75) is 89.1 Å². The number of nitrogens with zero attached hydrogens (tertiary/aromatic N) is 5. The minimum atomic E-state index is -4.24. The van der Waals surface area contributed by atoms with Gasteiger partial charge in [-0.1, -0.05) is 51.5 Å². The van der Waals surface area contributed by atoms with Gasteiger partial charge in [0, 0.05) is 35.8 Å². The Hall–Kier alpha value is -4.88. The minimum Gasteiger partial charge on any atom is -0.478 e. The predicted octanol–water partition coefficient (Wildman–Crippen LogP) is 7.13. The molecule has 3 N–H and O–H groups in total. The van der Waals surface area contributed by atoms with Crippen LogP contribution in [0.3, 0.4) is 0 Å². The van der Waals surface area contributed by atoms with Crippen LogP contribution in [0.2, 0.25) is 0 Å². The first-order chi connectivity index (χ1) is 25.2. The van der Waals surface area contributed by atoms with E-state index >= 15 is 0 Å². The Morgan fingerprint density at radius 3 is 2.43 bits per heavy atom. The Bertz CT molecular complexity index is 2270. The van der Waals surface area contributed by atoms with E-state index in [1.807, 2.05) is 38.2 Å². The fourth-order valence-electron chi connectivity index (χ4n) is 7.74. The van der Waals surface area contributed by atoms with Crippen LogP contribution in [0, 0.1) is 25.7 Å². The van der Waals surface area contributed by atoms with Crippen LogP contribution in [-0.2, 0) is 22.5 Å². The zero-order valence-electron chi connectivity index (χ0n) is 31.1. The van der Waals surface area contributed by atoms with E-state index in [-0.39, 0.29) is 39.8 Å². The molecule has 2 fully saturated rings. The number of aromatic nitrogens is 5. The number of hydrogen-bond acceptors (Lipinski definition) is 9. The first-order valence-corrected chi connectivity index (χ1v) is 19.7. The van der Waals surface area contributed by atoms with Crippen LogP contribution in [0.1, 0.15) is 91.8 Å². The predicted molar refractivity (Wildman–Crippen MR) is 204 cm³/mol. The van der Waals surface area contributed by atoms with Gasteiger partial charge in [0.05, 0.1) is 34.1 Å². The summed E-state index contributed by atoms with van der Waals surface area (Å²) < 4.78 is 38.2. The van der Waals surface area contributed by atoms with E-state index < -0.39 is 16.0 Å². The molecule has 5 aromatic rings. The molecular formula is C40H47N7O5S. The number of rotatable bonds is 10. The molecule has 1 saturated heterocycles. The number of sulfonamides is 1. The highest BCUT2D eigenvalue weighted by atomic mass is 32.2. The smallest absolute Gasteiger partial charge is 0.335 e. The molecule has 0 spiro atoms. The van der Waals surface area contributed by atoms with Crippen molar-refractivity contribution in [1.29, 1.82) is 0 Å². The van der Waals surface area contributed by atoms with Gasteiger partial charge in [-0.25, -0.2) is 27.9 Å². The molecule has 2 aliphatic rings. The third-order valence-electron chi connectivity index (χ3n) is 10.5. The summed E-state index contributed by atoms with van der Waals surface area (Å²) in [4.78, 5) is 30.5. The lowest BCUT2D eigenvalue weighted by Gasteiger charge is -2.28. The fraction of sp³-hybridized carbons (Fsp3) is 0.425. The van der Waals surface area contributed by atoms with Gasteiger partial charge in [0.1, 0.15) is 12.1 Å². The second-order valence-corrected chi connectivity index (χ2v) is 17.2. The van der Waals surface area contributed by atoms with E-state index in [4.69, 9.17) is 14.7 Å². The molecule has 12 nitrogen and oxygen atoms in total. The number of carboxylic acid groups (broad SMARTS) is 1. The van der Waals surface area contributed by atoms with E-state index in [9.17, 15) is 18.3 Å². The number of aryl methyl sites for hydroxylation is 3. The van der Waals surface area contributed by atoms with Gasteiger partial charge in [-0.05, 0) is 86.8 Å². The minimum absolute atomic E-state index is 0.0106. The summed E-state index contributed by atoms with van der Waals surface area (Å²) in [5.41, 5.74) is 6.94. The van der Waals surface area contributed by atoms with Crippen molar-refractivity contribution < 1.29 is 23.1 Å². The second kappa shape index (κ2) is 14.2. The average molecular weight is 738 g/mol. The summed E-state index contributed by atoms with van der Waals surface area (Å²) in [7, 11) is -2.19. The Kier molecular flexibility index (Phi) is 9.75. The van der Waals surface area contributed by atoms with Gasteiger partial charge >= 0.3 is 5.97 Å². The third-order valence-corrected chi connectivity index (χ3v) is 11.9. The summed E-state index contributed by atoms with van der Waals surface area (Å²) in [6, 6.07) is 14.9. The first kappa shape index (κ1) is 36.5. The normalized spacial score (nSPS) is 19.5. The lowest BCUT2D eigenvalue weighted by atomic mass is 9.91. The molecule has 1 saturated carbocycles. The van der Waals surface area contributed by atoms with Crippen molar-refractivity contribution in [2.75, 3.05) is 11.3 Å². The number of nitrogens with one attached hydrogen (secondary N) is 2. The molecule has 0 bridgehead atoms. The highest BCUT2D eigenvalue weighted by Gasteiger charge is 2.39. The maximum absolute atomic E-state index is 13.5. The number of aromatic carboxylic acids is 1. The molecule has 1 aliphatic heterocycles. The van der Waals surface area contributed by atoms with E-state index in [1.54, 1.807) is 6.07 Å². The first-order valence-electron chi connectivity index (χ1n) is 18.2. The van der Waals surface area contributed by atoms with Crippen LogP contribution >= 0.6 is 0 Å². The summed E-state index contributed by atoms with van der Waals surface area (Å²) >= 11 is 0. The van der Waals surface area contributed by atoms with Gasteiger partial charge in [-0.3, -0.25) is 4.98 Å². The third kappa shape index (κ3) is 7.77. The van der Waals surface area contributed by atoms with Gasteiger partial charge in [0.2, 0.25) is 11.8 Å². The molecular weight excluding hydrogens is 691 g/mol. The monoisotopic (exact) mass is 737 g/mol. The molecule has 3 atom stereocenters. The molecule has 0 amide bonds. The van der Waals surface area contributed by atoms with Crippen LogP contribution in [0.25, 0.3) is 22.4 Å². The molecule has 4 heterocycles. The van der Waals surface area contributed by atoms with Crippen LogP contribution < -0.4 is 14.8 Å². The van der Waals surface area contributed by atoms with Crippen LogP contribution in [-0.4, -0.2) is 56.6 Å². The van der Waals surface area contributed by atoms with Crippen LogP contribution in [0.5, 0.6) is 5.88 Å². The Morgan fingerprint density at radius 1 is 1.00 bits per heavy atom. The van der Waals surface area contributed by atoms with Crippen LogP contribution in [0.15, 0.2) is 65.7 Å². The van der Waals surface area contributed by atoms with Crippen molar-refractivity contribution in [2.24, 2.45) is 18.9 Å². The highest BCUT2D eigenvalue weighted by Crippen LogP contribution is 2.44. The zero-order chi connectivity index (χ0) is 37.7. The molecule has 3 aromatic heterocycles. The van der Waals surface area contributed by atoms with E-state index in [0.717, 1.165) is 58.9 Å². The van der Waals surface area contributed by atoms with Gasteiger partial charge in [0.25, 0.3) is 10.0 Å². The van der Waals surface area contributed by atoms with Gasteiger partial charge < -0.3 is 19.7 Å². The quantitative estimate of drug-likeness (QED) is 0.135. The van der Waals surface area contributed by atoms with E-state index in [0.29, 0.717) is 24.1 Å². The molecule has 0 radical (unpaired) electrons. The summed E-state index contributed by atoms with van der Waals surface area (Å²) in [6.07, 6.45) is 7.32. The maximum Gasteiger partial charge on any atom is 0.335 e. The number of carboxylic acids is 1. The average Bonchev–Trinajstić information content (AvgIpc) is 3.91. The second-order valence-electron chi connectivity index (χ2n) is 15.5. The molecule has 13 heteroatoms. The molecule has 7 rings (SSSR count). The van der Waals surface area contributed by atoms with E-state index in [1.165, 1.54) is 36.7 Å². The summed E-state index contributed by atoms with van der Waals surface area (Å²) in [5, 5.41) is 13.4. The molecule has 278 valence electrons. The Labute approximate surface area is 310 Å². The lowest BCUT2D eigenvalue weighted by Crippen LogP contribution is -2.42.